The van der Waals surface area contributed by atoms with E-state index in [2.05, 4.69) is 39.4 Å². The van der Waals surface area contributed by atoms with E-state index in [4.69, 9.17) is 0 Å². The van der Waals surface area contributed by atoms with Crippen LogP contribution in [0.3, 0.4) is 0 Å². The normalized spacial score (nSPS) is 33.5. The Labute approximate surface area is 217 Å². The van der Waals surface area contributed by atoms with E-state index < -0.39 is 0 Å². The molecule has 2 saturated carbocycles. The molecule has 1 aromatic rings. The van der Waals surface area contributed by atoms with Gasteiger partial charge in [-0.1, -0.05) is 56.4 Å². The number of likely N-dealkylation sites (tertiary alicyclic amines) is 2. The number of amides is 2. The van der Waals surface area contributed by atoms with Crippen LogP contribution in [0.4, 0.5) is 0 Å². The summed E-state index contributed by atoms with van der Waals surface area (Å²) in [5.74, 6) is 3.05. The Balaban J connectivity index is 1.07. The van der Waals surface area contributed by atoms with E-state index in [1.54, 1.807) is 0 Å². The maximum absolute atomic E-state index is 14.0. The van der Waals surface area contributed by atoms with Crippen LogP contribution in [0.2, 0.25) is 0 Å². The first kappa shape index (κ1) is 24.5. The van der Waals surface area contributed by atoms with E-state index in [0.717, 1.165) is 70.6 Å². The van der Waals surface area contributed by atoms with E-state index >= 15 is 0 Å². The zero-order chi connectivity index (χ0) is 24.5. The molecule has 0 bridgehead atoms. The zero-order valence-corrected chi connectivity index (χ0v) is 22.0. The Morgan fingerprint density at radius 1 is 0.722 bits per heavy atom. The lowest BCUT2D eigenvalue weighted by Crippen LogP contribution is -2.55. The summed E-state index contributed by atoms with van der Waals surface area (Å²) < 4.78 is 0. The van der Waals surface area contributed by atoms with Crippen LogP contribution in [-0.2, 0) is 22.6 Å². The Bertz CT molecular complexity index is 938. The molecule has 5 nitrogen and oxygen atoms in total. The van der Waals surface area contributed by atoms with Crippen LogP contribution in [-0.4, -0.2) is 53.3 Å². The molecule has 0 aromatic heterocycles. The number of nitrogens with one attached hydrogen (secondary N) is 1. The summed E-state index contributed by atoms with van der Waals surface area (Å²) >= 11 is 0. The number of carbonyl (C=O) groups excluding carboxylic acids is 2. The van der Waals surface area contributed by atoms with Gasteiger partial charge in [0.2, 0.25) is 11.8 Å². The molecule has 2 aliphatic carbocycles. The summed E-state index contributed by atoms with van der Waals surface area (Å²) in [6.07, 6.45) is 15.5. The molecule has 5 heteroatoms. The fourth-order valence-corrected chi connectivity index (χ4v) is 8.53. The topological polar surface area (TPSA) is 52.7 Å². The van der Waals surface area contributed by atoms with Crippen LogP contribution in [0.25, 0.3) is 0 Å². The Morgan fingerprint density at radius 2 is 1.47 bits per heavy atom. The molecule has 2 amide bonds. The number of fused-ring (bicyclic) bond motifs is 2. The average Bonchev–Trinajstić information content (AvgIpc) is 2.96. The Hall–Kier alpha value is -1.88. The summed E-state index contributed by atoms with van der Waals surface area (Å²) in [5.41, 5.74) is 2.63. The predicted octanol–water partition coefficient (Wildman–Crippen LogP) is 4.93. The SMILES string of the molecule is O=C([C@H]1Cc2ccccc2CN1)N1CCC(C2CCCCN2C(=O)C2CCCC3CCCCC32)CC1. The molecule has 2 saturated heterocycles. The monoisotopic (exact) mass is 491 g/mol. The molecule has 36 heavy (non-hydrogen) atoms. The van der Waals surface area contributed by atoms with Gasteiger partial charge in [-0.2, -0.15) is 0 Å². The average molecular weight is 492 g/mol. The predicted molar refractivity (Wildman–Crippen MR) is 142 cm³/mol. The van der Waals surface area contributed by atoms with Crippen LogP contribution in [0.5, 0.6) is 0 Å². The molecular formula is C31H45N3O2. The molecule has 1 aromatic carbocycles. The second-order valence-electron chi connectivity index (χ2n) is 12.4. The second kappa shape index (κ2) is 10.8. The number of hydrogen-bond donors (Lipinski definition) is 1. The van der Waals surface area contributed by atoms with Gasteiger partial charge in [0.1, 0.15) is 0 Å². The van der Waals surface area contributed by atoms with Crippen molar-refractivity contribution in [2.24, 2.45) is 23.7 Å². The maximum atomic E-state index is 14.0. The first-order valence-electron chi connectivity index (χ1n) is 15.1. The van der Waals surface area contributed by atoms with Crippen LogP contribution in [0.1, 0.15) is 88.2 Å². The fraction of sp³-hybridized carbons (Fsp3) is 0.742. The number of piperidine rings is 2. The summed E-state index contributed by atoms with van der Waals surface area (Å²) in [5, 5.41) is 3.48. The van der Waals surface area contributed by atoms with Gasteiger partial charge in [0.25, 0.3) is 0 Å². The van der Waals surface area contributed by atoms with E-state index in [-0.39, 0.29) is 17.9 Å². The van der Waals surface area contributed by atoms with E-state index in [1.165, 1.54) is 56.1 Å². The lowest BCUT2D eigenvalue weighted by molar-refractivity contribution is -0.147. The second-order valence-corrected chi connectivity index (χ2v) is 12.4. The first-order valence-corrected chi connectivity index (χ1v) is 15.1. The van der Waals surface area contributed by atoms with Gasteiger partial charge in [0.15, 0.2) is 0 Å². The molecule has 196 valence electrons. The van der Waals surface area contributed by atoms with Crippen LogP contribution < -0.4 is 5.32 Å². The van der Waals surface area contributed by atoms with Crippen molar-refractivity contribution in [3.8, 4) is 0 Å². The third kappa shape index (κ3) is 4.85. The van der Waals surface area contributed by atoms with Crippen LogP contribution in [0, 0.1) is 23.7 Å². The van der Waals surface area contributed by atoms with Crippen molar-refractivity contribution >= 4 is 11.8 Å². The van der Waals surface area contributed by atoms with E-state index in [9.17, 15) is 9.59 Å². The lowest BCUT2D eigenvalue weighted by atomic mass is 9.65. The largest absolute Gasteiger partial charge is 0.341 e. The van der Waals surface area contributed by atoms with Gasteiger partial charge in [-0.25, -0.2) is 0 Å². The van der Waals surface area contributed by atoms with Gasteiger partial charge in [-0.3, -0.25) is 9.59 Å². The van der Waals surface area contributed by atoms with Gasteiger partial charge < -0.3 is 15.1 Å². The quantitative estimate of drug-likeness (QED) is 0.653. The smallest absolute Gasteiger partial charge is 0.240 e. The molecular weight excluding hydrogens is 446 g/mol. The van der Waals surface area contributed by atoms with Gasteiger partial charge in [-0.15, -0.1) is 0 Å². The third-order valence-electron chi connectivity index (χ3n) is 10.5. The molecule has 0 spiro atoms. The summed E-state index contributed by atoms with van der Waals surface area (Å²) in [4.78, 5) is 31.8. The number of carbonyl (C=O) groups is 2. The van der Waals surface area contributed by atoms with Crippen molar-refractivity contribution < 1.29 is 9.59 Å². The first-order chi connectivity index (χ1) is 17.7. The van der Waals surface area contributed by atoms with Crippen molar-refractivity contribution in [1.29, 1.82) is 0 Å². The van der Waals surface area contributed by atoms with Crippen molar-refractivity contribution in [3.05, 3.63) is 35.4 Å². The van der Waals surface area contributed by atoms with Gasteiger partial charge in [0.05, 0.1) is 6.04 Å². The Morgan fingerprint density at radius 3 is 2.33 bits per heavy atom. The van der Waals surface area contributed by atoms with Gasteiger partial charge in [0, 0.05) is 38.1 Å². The standard InChI is InChI=1S/C31H45N3O2/c35-30(27-13-7-11-22-8-3-4-12-26(22)27)34-17-6-5-14-29(34)23-15-18-33(19-16-23)31(36)28-20-24-9-1-2-10-25(24)21-32-28/h1-2,9-10,22-23,26-29,32H,3-8,11-21H2/t22?,26?,27?,28-,29?/m1/s1. The minimum absolute atomic E-state index is 0.0982. The molecule has 1 N–H and O–H groups in total. The number of rotatable bonds is 3. The highest BCUT2D eigenvalue weighted by Gasteiger charge is 2.43. The molecule has 4 unspecified atom stereocenters. The minimum Gasteiger partial charge on any atom is -0.341 e. The number of nitrogens with zero attached hydrogens (tertiary/aromatic N) is 2. The van der Waals surface area contributed by atoms with Crippen LogP contribution >= 0.6 is 0 Å². The van der Waals surface area contributed by atoms with Crippen molar-refractivity contribution in [2.75, 3.05) is 19.6 Å². The van der Waals surface area contributed by atoms with Gasteiger partial charge >= 0.3 is 0 Å². The zero-order valence-electron chi connectivity index (χ0n) is 22.0. The summed E-state index contributed by atoms with van der Waals surface area (Å²) in [6, 6.07) is 8.78. The number of benzene rings is 1. The molecule has 5 aliphatic rings. The summed E-state index contributed by atoms with van der Waals surface area (Å²) in [7, 11) is 0. The van der Waals surface area contributed by atoms with E-state index in [0.29, 0.717) is 23.8 Å². The highest BCUT2D eigenvalue weighted by molar-refractivity contribution is 5.83. The van der Waals surface area contributed by atoms with Gasteiger partial charge in [-0.05, 0) is 80.2 Å². The highest BCUT2D eigenvalue weighted by Crippen LogP contribution is 2.45. The molecule has 6 rings (SSSR count). The van der Waals surface area contributed by atoms with Crippen molar-refractivity contribution in [3.63, 3.8) is 0 Å². The van der Waals surface area contributed by atoms with Crippen molar-refractivity contribution in [1.82, 2.24) is 15.1 Å². The third-order valence-corrected chi connectivity index (χ3v) is 10.5. The lowest BCUT2D eigenvalue weighted by Gasteiger charge is -2.48. The fourth-order valence-electron chi connectivity index (χ4n) is 8.53. The van der Waals surface area contributed by atoms with Crippen molar-refractivity contribution in [2.45, 2.75) is 102 Å². The van der Waals surface area contributed by atoms with Crippen LogP contribution in [0.15, 0.2) is 24.3 Å². The minimum atomic E-state index is -0.0982. The molecule has 3 aliphatic heterocycles. The highest BCUT2D eigenvalue weighted by atomic mass is 16.2. The molecule has 4 fully saturated rings. The maximum Gasteiger partial charge on any atom is 0.240 e. The van der Waals surface area contributed by atoms with E-state index in [1.807, 2.05) is 0 Å². The molecule has 3 heterocycles. The molecule has 5 atom stereocenters. The molecule has 0 radical (unpaired) electrons. The number of hydrogen-bond acceptors (Lipinski definition) is 3. The Kier molecular flexibility index (Phi) is 7.37. The summed E-state index contributed by atoms with van der Waals surface area (Å²) in [6.45, 7) is 3.43.